The normalized spacial score (nSPS) is 11.0. The highest BCUT2D eigenvalue weighted by atomic mass is 16.3. The summed E-state index contributed by atoms with van der Waals surface area (Å²) in [5.74, 6) is 0.213. The fourth-order valence-corrected chi connectivity index (χ4v) is 2.61. The van der Waals surface area contributed by atoms with Crippen molar-refractivity contribution in [1.82, 2.24) is 15.6 Å². The third-order valence-electron chi connectivity index (χ3n) is 3.99. The first-order valence-corrected chi connectivity index (χ1v) is 8.38. The number of aromatic amines is 1. The lowest BCUT2D eigenvalue weighted by Crippen LogP contribution is -2.17. The van der Waals surface area contributed by atoms with E-state index in [2.05, 4.69) is 32.9 Å². The summed E-state index contributed by atoms with van der Waals surface area (Å²) >= 11 is 0. The molecule has 4 rings (SSSR count). The number of H-pyrrole nitrogens is 1. The molecule has 2 N–H and O–H groups in total. The monoisotopic (exact) mass is 356 g/mol. The highest BCUT2D eigenvalue weighted by Crippen LogP contribution is 2.19. The quantitative estimate of drug-likeness (QED) is 0.417. The summed E-state index contributed by atoms with van der Waals surface area (Å²) in [5.41, 5.74) is 6.49. The van der Waals surface area contributed by atoms with E-state index in [0.29, 0.717) is 11.5 Å². The summed E-state index contributed by atoms with van der Waals surface area (Å²) < 4.78 is 5.26. The second-order valence-electron chi connectivity index (χ2n) is 5.83. The molecule has 0 radical (unpaired) electrons. The van der Waals surface area contributed by atoms with Crippen LogP contribution in [-0.4, -0.2) is 22.3 Å². The summed E-state index contributed by atoms with van der Waals surface area (Å²) in [6, 6.07) is 23.2. The van der Waals surface area contributed by atoms with Crippen molar-refractivity contribution >= 4 is 12.1 Å². The molecular formula is C21H16N4O2. The number of carbonyl (C=O) groups is 1. The number of hydrazone groups is 1. The number of nitrogens with zero attached hydrogens (tertiary/aromatic N) is 2. The number of benzene rings is 2. The van der Waals surface area contributed by atoms with Gasteiger partial charge in [-0.2, -0.15) is 10.2 Å². The lowest BCUT2D eigenvalue weighted by molar-refractivity contribution is 0.0950. The fraction of sp³-hybridized carbons (Fsp3) is 0. The van der Waals surface area contributed by atoms with Crippen LogP contribution in [0.2, 0.25) is 0 Å². The van der Waals surface area contributed by atoms with Gasteiger partial charge in [-0.25, -0.2) is 5.43 Å². The molecule has 0 aliphatic heterocycles. The van der Waals surface area contributed by atoms with Crippen LogP contribution in [0.4, 0.5) is 0 Å². The smallest absolute Gasteiger partial charge is 0.291 e. The van der Waals surface area contributed by atoms with Crippen molar-refractivity contribution in [3.8, 4) is 22.6 Å². The van der Waals surface area contributed by atoms with Gasteiger partial charge in [0.15, 0.2) is 11.5 Å². The third-order valence-corrected chi connectivity index (χ3v) is 3.99. The average Bonchev–Trinajstić information content (AvgIpc) is 3.41. The second-order valence-corrected chi connectivity index (χ2v) is 5.83. The van der Waals surface area contributed by atoms with Gasteiger partial charge in [0.05, 0.1) is 12.5 Å². The van der Waals surface area contributed by atoms with Gasteiger partial charge in [0.1, 0.15) is 5.69 Å². The van der Waals surface area contributed by atoms with E-state index in [-0.39, 0.29) is 5.69 Å². The SMILES string of the molecule is O=C(NN=Cc1ccc(-c2ccccc2)cc1)c1cc(-c2ccco2)[nH]n1. The highest BCUT2D eigenvalue weighted by Gasteiger charge is 2.11. The minimum absolute atomic E-state index is 0.234. The lowest BCUT2D eigenvalue weighted by atomic mass is 10.0. The molecule has 6 heteroatoms. The van der Waals surface area contributed by atoms with Crippen LogP contribution in [0.3, 0.4) is 0 Å². The number of hydrogen-bond donors (Lipinski definition) is 2. The van der Waals surface area contributed by atoms with Crippen LogP contribution in [-0.2, 0) is 0 Å². The molecule has 0 unspecified atom stereocenters. The van der Waals surface area contributed by atoms with Crippen molar-refractivity contribution < 1.29 is 9.21 Å². The van der Waals surface area contributed by atoms with Crippen LogP contribution < -0.4 is 5.43 Å². The van der Waals surface area contributed by atoms with Crippen molar-refractivity contribution in [2.45, 2.75) is 0 Å². The van der Waals surface area contributed by atoms with E-state index in [1.807, 2.05) is 42.5 Å². The topological polar surface area (TPSA) is 83.3 Å². The van der Waals surface area contributed by atoms with Gasteiger partial charge >= 0.3 is 0 Å². The van der Waals surface area contributed by atoms with Crippen molar-refractivity contribution in [1.29, 1.82) is 0 Å². The number of hydrogen-bond acceptors (Lipinski definition) is 4. The van der Waals surface area contributed by atoms with E-state index < -0.39 is 5.91 Å². The van der Waals surface area contributed by atoms with Gasteiger partial charge in [-0.3, -0.25) is 9.89 Å². The first-order chi connectivity index (χ1) is 13.3. The molecular weight excluding hydrogens is 340 g/mol. The van der Waals surface area contributed by atoms with Gasteiger partial charge in [0.2, 0.25) is 0 Å². The number of amides is 1. The van der Waals surface area contributed by atoms with Crippen LogP contribution in [0.5, 0.6) is 0 Å². The minimum Gasteiger partial charge on any atom is -0.463 e. The fourth-order valence-electron chi connectivity index (χ4n) is 2.61. The van der Waals surface area contributed by atoms with Crippen LogP contribution >= 0.6 is 0 Å². The molecule has 0 spiro atoms. The van der Waals surface area contributed by atoms with Gasteiger partial charge in [-0.05, 0) is 28.8 Å². The van der Waals surface area contributed by atoms with Gasteiger partial charge in [-0.15, -0.1) is 0 Å². The number of furan rings is 1. The molecule has 27 heavy (non-hydrogen) atoms. The molecule has 2 aromatic heterocycles. The number of nitrogens with one attached hydrogen (secondary N) is 2. The molecule has 2 heterocycles. The van der Waals surface area contributed by atoms with Crippen molar-refractivity contribution in [2.24, 2.45) is 5.10 Å². The van der Waals surface area contributed by atoms with Crippen LogP contribution in [0.25, 0.3) is 22.6 Å². The standard InChI is InChI=1S/C21H16N4O2/c26-21(19-13-18(23-24-19)20-7-4-12-27-20)25-22-14-15-8-10-17(11-9-15)16-5-2-1-3-6-16/h1-14H,(H,23,24)(H,25,26). The number of aromatic nitrogens is 2. The summed E-state index contributed by atoms with van der Waals surface area (Å²) in [4.78, 5) is 12.1. The van der Waals surface area contributed by atoms with Gasteiger partial charge in [0.25, 0.3) is 5.91 Å². The Labute approximate surface area is 155 Å². The maximum absolute atomic E-state index is 12.1. The Morgan fingerprint density at radius 2 is 1.78 bits per heavy atom. The Balaban J connectivity index is 1.38. The number of rotatable bonds is 5. The molecule has 0 aliphatic rings. The van der Waals surface area contributed by atoms with E-state index in [1.54, 1.807) is 30.7 Å². The van der Waals surface area contributed by atoms with Gasteiger partial charge in [-0.1, -0.05) is 54.6 Å². The zero-order valence-corrected chi connectivity index (χ0v) is 14.3. The van der Waals surface area contributed by atoms with E-state index in [4.69, 9.17) is 4.42 Å². The van der Waals surface area contributed by atoms with Crippen molar-refractivity contribution in [3.05, 3.63) is 90.3 Å². The molecule has 0 aliphatic carbocycles. The van der Waals surface area contributed by atoms with Crippen LogP contribution in [0.1, 0.15) is 16.1 Å². The van der Waals surface area contributed by atoms with Gasteiger partial charge < -0.3 is 4.42 Å². The van der Waals surface area contributed by atoms with E-state index in [1.165, 1.54) is 0 Å². The molecule has 0 saturated heterocycles. The highest BCUT2D eigenvalue weighted by molar-refractivity contribution is 5.94. The molecule has 132 valence electrons. The van der Waals surface area contributed by atoms with E-state index >= 15 is 0 Å². The third kappa shape index (κ3) is 3.85. The zero-order valence-electron chi connectivity index (χ0n) is 14.3. The molecule has 6 nitrogen and oxygen atoms in total. The minimum atomic E-state index is -0.402. The predicted octanol–water partition coefficient (Wildman–Crippen LogP) is 4.10. The first-order valence-electron chi connectivity index (χ1n) is 8.38. The molecule has 0 fully saturated rings. The van der Waals surface area contributed by atoms with Crippen LogP contribution in [0, 0.1) is 0 Å². The first kappa shape index (κ1) is 16.5. The second kappa shape index (κ2) is 7.53. The summed E-state index contributed by atoms with van der Waals surface area (Å²) in [6.07, 6.45) is 3.15. The Morgan fingerprint density at radius 3 is 2.52 bits per heavy atom. The van der Waals surface area contributed by atoms with Gasteiger partial charge in [0, 0.05) is 6.07 Å². The molecule has 0 atom stereocenters. The van der Waals surface area contributed by atoms with E-state index in [9.17, 15) is 4.79 Å². The van der Waals surface area contributed by atoms with Crippen LogP contribution in [0.15, 0.2) is 88.6 Å². The average molecular weight is 356 g/mol. The van der Waals surface area contributed by atoms with Crippen molar-refractivity contribution in [3.63, 3.8) is 0 Å². The zero-order chi connectivity index (χ0) is 18.5. The number of carbonyl (C=O) groups excluding carboxylic acids is 1. The Bertz CT molecular complexity index is 1050. The summed E-state index contributed by atoms with van der Waals surface area (Å²) in [6.45, 7) is 0. The predicted molar refractivity (Wildman–Crippen MR) is 103 cm³/mol. The Morgan fingerprint density at radius 1 is 1.00 bits per heavy atom. The van der Waals surface area contributed by atoms with E-state index in [0.717, 1.165) is 16.7 Å². The lowest BCUT2D eigenvalue weighted by Gasteiger charge is -2.01. The Hall–Kier alpha value is -3.93. The Kier molecular flexibility index (Phi) is 4.61. The summed E-state index contributed by atoms with van der Waals surface area (Å²) in [7, 11) is 0. The largest absolute Gasteiger partial charge is 0.463 e. The molecule has 0 saturated carbocycles. The molecule has 4 aromatic rings. The molecule has 2 aromatic carbocycles. The summed E-state index contributed by atoms with van der Waals surface area (Å²) in [5, 5.41) is 10.7. The van der Waals surface area contributed by atoms with Crippen molar-refractivity contribution in [2.75, 3.05) is 0 Å². The maximum Gasteiger partial charge on any atom is 0.291 e. The maximum atomic E-state index is 12.1. The molecule has 0 bridgehead atoms. The molecule has 1 amide bonds.